The van der Waals surface area contributed by atoms with Gasteiger partial charge < -0.3 is 4.74 Å². The zero-order valence-corrected chi connectivity index (χ0v) is 18.0. The number of cyclic esters (lactones) is 2. The summed E-state index contributed by atoms with van der Waals surface area (Å²) in [5.41, 5.74) is 1.24. The van der Waals surface area contributed by atoms with Crippen LogP contribution in [0.1, 0.15) is 76.7 Å². The van der Waals surface area contributed by atoms with E-state index >= 15 is 0 Å². The third-order valence-corrected chi connectivity index (χ3v) is 4.79. The molecule has 28 heavy (non-hydrogen) atoms. The second kappa shape index (κ2) is 16.2. The number of ether oxygens (including phenoxy) is 1. The Morgan fingerprint density at radius 3 is 1.89 bits per heavy atom. The molecule has 4 heteroatoms. The van der Waals surface area contributed by atoms with E-state index in [1.807, 2.05) is 30.3 Å². The Morgan fingerprint density at radius 2 is 1.39 bits per heavy atom. The van der Waals surface area contributed by atoms with Crippen molar-refractivity contribution in [3.8, 4) is 0 Å². The quantitative estimate of drug-likeness (QED) is 0.187. The molecule has 154 valence electrons. The Kier molecular flexibility index (Phi) is 14.0. The van der Waals surface area contributed by atoms with Gasteiger partial charge in [0.15, 0.2) is 0 Å². The van der Waals surface area contributed by atoms with Gasteiger partial charge in [-0.05, 0) is 23.8 Å². The molecule has 0 bridgehead atoms. The van der Waals surface area contributed by atoms with Crippen LogP contribution < -0.4 is 0 Å². The van der Waals surface area contributed by atoms with Crippen LogP contribution >= 0.6 is 12.6 Å². The van der Waals surface area contributed by atoms with Crippen molar-refractivity contribution in [3.63, 3.8) is 0 Å². The predicted molar refractivity (Wildman–Crippen MR) is 120 cm³/mol. The Morgan fingerprint density at radius 1 is 0.821 bits per heavy atom. The van der Waals surface area contributed by atoms with Crippen LogP contribution in [-0.2, 0) is 14.3 Å². The minimum atomic E-state index is -0.604. The highest BCUT2D eigenvalue weighted by Gasteiger charge is 2.20. The average Bonchev–Trinajstić information content (AvgIpc) is 3.03. The fourth-order valence-corrected chi connectivity index (χ4v) is 3.05. The average molecular weight is 403 g/mol. The first-order chi connectivity index (χ1) is 13.7. The van der Waals surface area contributed by atoms with E-state index in [1.54, 1.807) is 12.2 Å². The maximum absolute atomic E-state index is 11.0. The highest BCUT2D eigenvalue weighted by atomic mass is 32.1. The topological polar surface area (TPSA) is 43.4 Å². The Labute approximate surface area is 175 Å². The van der Waals surface area contributed by atoms with Crippen LogP contribution in [0.15, 0.2) is 48.1 Å². The first-order valence-corrected chi connectivity index (χ1v) is 11.1. The summed E-state index contributed by atoms with van der Waals surface area (Å²) in [6.07, 6.45) is 18.7. The molecule has 1 aliphatic rings. The molecule has 0 saturated carbocycles. The van der Waals surface area contributed by atoms with Gasteiger partial charge in [0, 0.05) is 6.08 Å². The lowest BCUT2D eigenvalue weighted by Gasteiger charge is -2.00. The maximum Gasteiger partial charge on any atom is 0.346 e. The lowest BCUT2D eigenvalue weighted by atomic mass is 10.1. The van der Waals surface area contributed by atoms with E-state index in [0.717, 1.165) is 11.3 Å². The van der Waals surface area contributed by atoms with E-state index < -0.39 is 11.9 Å². The Balaban J connectivity index is 0.000000284. The third kappa shape index (κ3) is 11.8. The zero-order chi connectivity index (χ0) is 20.5. The van der Waals surface area contributed by atoms with Crippen molar-refractivity contribution in [2.45, 2.75) is 71.1 Å². The van der Waals surface area contributed by atoms with E-state index in [2.05, 4.69) is 24.3 Å². The molecule has 0 radical (unpaired) electrons. The molecule has 1 aromatic carbocycles. The van der Waals surface area contributed by atoms with Crippen molar-refractivity contribution in [1.82, 2.24) is 0 Å². The van der Waals surface area contributed by atoms with Gasteiger partial charge in [0.1, 0.15) is 0 Å². The van der Waals surface area contributed by atoms with Gasteiger partial charge in [0.05, 0.1) is 5.57 Å². The largest absolute Gasteiger partial charge is 0.386 e. The van der Waals surface area contributed by atoms with Crippen LogP contribution in [0, 0.1) is 0 Å². The van der Waals surface area contributed by atoms with Crippen LogP contribution in [-0.4, -0.2) is 17.7 Å². The molecule has 0 aliphatic carbocycles. The summed E-state index contributed by atoms with van der Waals surface area (Å²) in [5, 5.41) is 0. The summed E-state index contributed by atoms with van der Waals surface area (Å²) in [6.45, 7) is 2.28. The lowest BCUT2D eigenvalue weighted by molar-refractivity contribution is -0.150. The fourth-order valence-electron chi connectivity index (χ4n) is 2.83. The van der Waals surface area contributed by atoms with Gasteiger partial charge in [-0.2, -0.15) is 12.6 Å². The van der Waals surface area contributed by atoms with E-state index in [9.17, 15) is 9.59 Å². The lowest BCUT2D eigenvalue weighted by Crippen LogP contribution is -2.00. The Hall–Kier alpha value is -1.81. The zero-order valence-electron chi connectivity index (χ0n) is 17.1. The molecule has 0 unspecified atom stereocenters. The monoisotopic (exact) mass is 402 g/mol. The van der Waals surface area contributed by atoms with Crippen LogP contribution in [0.2, 0.25) is 0 Å². The molecule has 0 N–H and O–H groups in total. The van der Waals surface area contributed by atoms with Crippen LogP contribution in [0.3, 0.4) is 0 Å². The molecule has 0 spiro atoms. The van der Waals surface area contributed by atoms with Crippen molar-refractivity contribution >= 4 is 30.6 Å². The molecule has 2 rings (SSSR count). The van der Waals surface area contributed by atoms with Crippen molar-refractivity contribution in [1.29, 1.82) is 0 Å². The van der Waals surface area contributed by atoms with Gasteiger partial charge in [0.25, 0.3) is 0 Å². The van der Waals surface area contributed by atoms with Crippen molar-refractivity contribution in [2.24, 2.45) is 0 Å². The molecule has 1 heterocycles. The molecule has 1 aliphatic heterocycles. The predicted octanol–water partition coefficient (Wildman–Crippen LogP) is 6.55. The Bertz CT molecular complexity index is 610. The van der Waals surface area contributed by atoms with Gasteiger partial charge in [-0.25, -0.2) is 9.59 Å². The van der Waals surface area contributed by atoms with Gasteiger partial charge in [-0.1, -0.05) is 101 Å². The van der Waals surface area contributed by atoms with Gasteiger partial charge >= 0.3 is 11.9 Å². The molecule has 0 saturated heterocycles. The van der Waals surface area contributed by atoms with Gasteiger partial charge in [-0.3, -0.25) is 0 Å². The molecule has 0 atom stereocenters. The molecule has 3 nitrogen and oxygen atoms in total. The van der Waals surface area contributed by atoms with Gasteiger partial charge in [-0.15, -0.1) is 0 Å². The number of hydrogen-bond donors (Lipinski definition) is 1. The normalized spacial score (nSPS) is 13.3. The number of rotatable bonds is 12. The minimum absolute atomic E-state index is 0.281. The smallest absolute Gasteiger partial charge is 0.346 e. The molecule has 0 fully saturated rings. The number of hydrogen-bond acceptors (Lipinski definition) is 4. The number of esters is 2. The summed E-state index contributed by atoms with van der Waals surface area (Å²) in [6, 6.07) is 9.50. The maximum atomic E-state index is 11.0. The summed E-state index contributed by atoms with van der Waals surface area (Å²) < 4.78 is 4.34. The van der Waals surface area contributed by atoms with Crippen molar-refractivity contribution in [3.05, 3.63) is 53.6 Å². The highest BCUT2D eigenvalue weighted by molar-refractivity contribution is 7.80. The summed E-state index contributed by atoms with van der Waals surface area (Å²) in [4.78, 5) is 21.8. The standard InChI is InChI=1S/C12H8O3.C12H26S/c13-11-8-10(12(14)15-11)7-6-9-4-2-1-3-5-9;1-2-3-4-5-6-7-8-9-10-11-12-13/h1-8H;13H,2-12H2,1H3. The van der Waals surface area contributed by atoms with E-state index in [0.29, 0.717) is 0 Å². The number of thiol groups is 1. The van der Waals surface area contributed by atoms with Gasteiger partial charge in [0.2, 0.25) is 0 Å². The number of carbonyl (C=O) groups is 2. The molecule has 0 amide bonds. The van der Waals surface area contributed by atoms with Crippen molar-refractivity contribution < 1.29 is 14.3 Å². The first-order valence-electron chi connectivity index (χ1n) is 10.5. The molecular weight excluding hydrogens is 368 g/mol. The SMILES string of the molecule is CCCCCCCCCCCCS.O=C1C=C(C=Cc2ccccc2)C(=O)O1. The molecular formula is C24H34O3S. The summed E-state index contributed by atoms with van der Waals surface area (Å²) in [5.74, 6) is -0.129. The molecule has 1 aromatic rings. The number of carbonyl (C=O) groups excluding carboxylic acids is 2. The van der Waals surface area contributed by atoms with E-state index in [1.165, 1.54) is 70.3 Å². The summed E-state index contributed by atoms with van der Waals surface area (Å²) in [7, 11) is 0. The van der Waals surface area contributed by atoms with Crippen LogP contribution in [0.25, 0.3) is 6.08 Å². The highest BCUT2D eigenvalue weighted by Crippen LogP contribution is 2.12. The number of unbranched alkanes of at least 4 members (excludes halogenated alkanes) is 9. The fraction of sp³-hybridized carbons (Fsp3) is 0.500. The third-order valence-electron chi connectivity index (χ3n) is 4.47. The second-order valence-corrected chi connectivity index (χ2v) is 7.41. The van der Waals surface area contributed by atoms with E-state index in [-0.39, 0.29) is 5.57 Å². The minimum Gasteiger partial charge on any atom is -0.386 e. The van der Waals surface area contributed by atoms with Crippen molar-refractivity contribution in [2.75, 3.05) is 5.75 Å². The molecule has 0 aromatic heterocycles. The number of benzene rings is 1. The summed E-state index contributed by atoms with van der Waals surface area (Å²) >= 11 is 4.20. The first kappa shape index (κ1) is 24.2. The van der Waals surface area contributed by atoms with Crippen LogP contribution in [0.5, 0.6) is 0 Å². The van der Waals surface area contributed by atoms with E-state index in [4.69, 9.17) is 0 Å². The second-order valence-electron chi connectivity index (χ2n) is 6.96. The van der Waals surface area contributed by atoms with Crippen LogP contribution in [0.4, 0.5) is 0 Å².